The van der Waals surface area contributed by atoms with E-state index in [4.69, 9.17) is 128 Å². The summed E-state index contributed by atoms with van der Waals surface area (Å²) in [7, 11) is 0. The van der Waals surface area contributed by atoms with Crippen LogP contribution in [-0.4, -0.2) is 27.4 Å². The first kappa shape index (κ1) is 20.9. The van der Waals surface area contributed by atoms with Crippen LogP contribution in [0, 0.1) is 0 Å². The summed E-state index contributed by atoms with van der Waals surface area (Å²) in [5, 5.41) is 0. The van der Waals surface area contributed by atoms with Crippen molar-refractivity contribution in [1.29, 1.82) is 0 Å². The molecule has 0 aliphatic carbocycles. The highest BCUT2D eigenvalue weighted by Gasteiger charge is 2.73. The predicted molar refractivity (Wildman–Crippen MR) is 84.1 cm³/mol. The van der Waals surface area contributed by atoms with Crippen LogP contribution in [0.15, 0.2) is 0 Å². The lowest BCUT2D eigenvalue weighted by Gasteiger charge is -2.46. The molecule has 0 spiro atoms. The van der Waals surface area contributed by atoms with E-state index in [2.05, 4.69) is 0 Å². The van der Waals surface area contributed by atoms with Crippen molar-refractivity contribution >= 4 is 134 Å². The monoisotopic (exact) mass is 474 g/mol. The van der Waals surface area contributed by atoms with Crippen molar-refractivity contribution in [3.05, 3.63) is 0 Å². The summed E-state index contributed by atoms with van der Waals surface area (Å²) in [5.41, 5.74) is 0. The number of carbonyl (C=O) groups excluding carboxylic acids is 1. The first-order valence-electron chi connectivity index (χ1n) is 3.60. The molecule has 0 aliphatic rings. The van der Waals surface area contributed by atoms with Crippen LogP contribution in [0.2, 0.25) is 0 Å². The molecule has 0 unspecified atom stereocenters. The molecule has 0 aromatic rings. The van der Waals surface area contributed by atoms with Crippen LogP contribution in [0.1, 0.15) is 0 Å². The third kappa shape index (κ3) is 3.43. The maximum absolute atomic E-state index is 11.2. The van der Waals surface area contributed by atoms with E-state index >= 15 is 0 Å². The third-order valence-electron chi connectivity index (χ3n) is 1.79. The summed E-state index contributed by atoms with van der Waals surface area (Å²) in [4.78, 5) is 8.56. The average molecular weight is 479 g/mol. The fourth-order valence-corrected chi connectivity index (χ4v) is 3.16. The predicted octanol–water partition coefficient (Wildman–Crippen LogP) is 6.25. The largest absolute Gasteiger partial charge is 0.301 e. The van der Waals surface area contributed by atoms with E-state index in [0.717, 1.165) is 0 Å². The number of aldehydes is 1. The first-order chi connectivity index (χ1) is 7.56. The van der Waals surface area contributed by atoms with Gasteiger partial charge in [-0.3, -0.25) is 0 Å². The minimum Gasteiger partial charge on any atom is -0.301 e. The zero-order chi connectivity index (χ0) is 15.2. The summed E-state index contributed by atoms with van der Waals surface area (Å²) in [5.74, 6) is 0. The Bertz CT molecular complexity index is 297. The van der Waals surface area contributed by atoms with Crippen molar-refractivity contribution in [2.45, 2.75) is 21.1 Å². The molecule has 0 fully saturated rings. The van der Waals surface area contributed by atoms with E-state index in [9.17, 15) is 4.79 Å². The maximum Gasteiger partial charge on any atom is 0.225 e. The molecule has 0 saturated carbocycles. The van der Waals surface area contributed by atoms with Crippen molar-refractivity contribution in [2.24, 2.45) is 0 Å². The molecular weight excluding hydrogens is 478 g/mol. The third-order valence-corrected chi connectivity index (χ3v) is 8.02. The smallest absolute Gasteiger partial charge is 0.225 e. The van der Waals surface area contributed by atoms with Crippen LogP contribution in [0.4, 0.5) is 0 Å². The molecular formula is C6HCl11O. The van der Waals surface area contributed by atoms with Gasteiger partial charge in [0.1, 0.15) is 6.29 Å². The molecule has 0 radical (unpaired) electrons. The van der Waals surface area contributed by atoms with E-state index in [1.807, 2.05) is 0 Å². The molecule has 0 saturated heterocycles. The normalized spacial score (nSPS) is 15.7. The van der Waals surface area contributed by atoms with Gasteiger partial charge in [0.2, 0.25) is 7.59 Å². The van der Waals surface area contributed by atoms with Crippen LogP contribution in [0.3, 0.4) is 0 Å². The van der Waals surface area contributed by atoms with Crippen LogP contribution in [0.25, 0.3) is 0 Å². The highest BCUT2D eigenvalue weighted by Crippen LogP contribution is 2.64. The van der Waals surface area contributed by atoms with Gasteiger partial charge in [-0.2, -0.15) is 0 Å². The summed E-state index contributed by atoms with van der Waals surface area (Å²) < 4.78 is -10.1. The number of halogens is 11. The molecule has 0 amide bonds. The highest BCUT2D eigenvalue weighted by atomic mass is 35.6. The van der Waals surface area contributed by atoms with E-state index in [1.54, 1.807) is 0 Å². The quantitative estimate of drug-likeness (QED) is 0.346. The van der Waals surface area contributed by atoms with Crippen molar-refractivity contribution in [3.63, 3.8) is 0 Å². The fourth-order valence-electron chi connectivity index (χ4n) is 0.758. The SMILES string of the molecule is O=CC(Cl)(C(Cl)(Cl)C(Cl)(Cl)Cl)C(Cl)(Cl)C(Cl)(Cl)Cl. The Morgan fingerprint density at radius 2 is 0.778 bits per heavy atom. The topological polar surface area (TPSA) is 17.1 Å². The number of hydrogen-bond acceptors (Lipinski definition) is 1. The molecule has 108 valence electrons. The van der Waals surface area contributed by atoms with E-state index in [-0.39, 0.29) is 6.29 Å². The van der Waals surface area contributed by atoms with Crippen LogP contribution >= 0.6 is 128 Å². The van der Waals surface area contributed by atoms with Gasteiger partial charge in [0.05, 0.1) is 0 Å². The molecule has 0 N–H and O–H groups in total. The molecule has 0 aromatic heterocycles. The summed E-state index contributed by atoms with van der Waals surface area (Å²) >= 11 is 62.1. The molecule has 0 aliphatic heterocycles. The number of alkyl halides is 11. The van der Waals surface area contributed by atoms with Gasteiger partial charge in [0.25, 0.3) is 0 Å². The highest BCUT2D eigenvalue weighted by molar-refractivity contribution is 6.81. The lowest BCUT2D eigenvalue weighted by atomic mass is 10.0. The molecule has 0 rings (SSSR count). The van der Waals surface area contributed by atoms with Gasteiger partial charge in [-0.15, -0.1) is 11.6 Å². The summed E-state index contributed by atoms with van der Waals surface area (Å²) in [6.07, 6.45) is -0.0711. The Hall–Kier alpha value is 2.86. The van der Waals surface area contributed by atoms with Gasteiger partial charge in [0, 0.05) is 0 Å². The van der Waals surface area contributed by atoms with Gasteiger partial charge in [0.15, 0.2) is 13.5 Å². The average Bonchev–Trinajstić information content (AvgIpc) is 2.12. The second-order valence-corrected chi connectivity index (χ2v) is 10.8. The summed E-state index contributed by atoms with van der Waals surface area (Å²) in [6.45, 7) is 0. The van der Waals surface area contributed by atoms with Gasteiger partial charge >= 0.3 is 0 Å². The van der Waals surface area contributed by atoms with Crippen molar-refractivity contribution in [3.8, 4) is 0 Å². The van der Waals surface area contributed by atoms with Gasteiger partial charge in [-0.05, 0) is 0 Å². The van der Waals surface area contributed by atoms with E-state index in [1.165, 1.54) is 0 Å². The zero-order valence-corrected chi connectivity index (χ0v) is 16.0. The Kier molecular flexibility index (Phi) is 7.14. The maximum atomic E-state index is 11.2. The second kappa shape index (κ2) is 6.16. The minimum atomic E-state index is -2.64. The van der Waals surface area contributed by atoms with Gasteiger partial charge in [-0.1, -0.05) is 116 Å². The number of rotatable bonds is 3. The van der Waals surface area contributed by atoms with Crippen LogP contribution in [0.5, 0.6) is 0 Å². The second-order valence-electron chi connectivity index (χ2n) is 2.97. The van der Waals surface area contributed by atoms with Crippen molar-refractivity contribution in [1.82, 2.24) is 0 Å². The lowest BCUT2D eigenvalue weighted by molar-refractivity contribution is -0.110. The van der Waals surface area contributed by atoms with E-state index in [0.29, 0.717) is 0 Å². The van der Waals surface area contributed by atoms with E-state index < -0.39 is 21.1 Å². The number of carbonyl (C=O) groups is 1. The molecule has 0 aromatic carbocycles. The molecule has 0 bridgehead atoms. The molecule has 1 nitrogen and oxygen atoms in total. The van der Waals surface area contributed by atoms with Crippen molar-refractivity contribution < 1.29 is 4.79 Å². The van der Waals surface area contributed by atoms with Gasteiger partial charge in [-0.25, -0.2) is 0 Å². The Labute approximate surface area is 158 Å². The van der Waals surface area contributed by atoms with Crippen LogP contribution in [-0.2, 0) is 4.79 Å². The molecule has 18 heavy (non-hydrogen) atoms. The lowest BCUT2D eigenvalue weighted by Crippen LogP contribution is -2.64. The van der Waals surface area contributed by atoms with Crippen LogP contribution < -0.4 is 0 Å². The van der Waals surface area contributed by atoms with Gasteiger partial charge < -0.3 is 4.79 Å². The molecule has 0 heterocycles. The Balaban J connectivity index is 6.04. The molecule has 12 heteroatoms. The van der Waals surface area contributed by atoms with Crippen molar-refractivity contribution in [2.75, 3.05) is 0 Å². The fraction of sp³-hybridized carbons (Fsp3) is 0.833. The minimum absolute atomic E-state index is 0.0711. The first-order valence-corrected chi connectivity index (χ1v) is 7.76. The Morgan fingerprint density at radius 3 is 0.889 bits per heavy atom. The Morgan fingerprint density at radius 1 is 0.556 bits per heavy atom. The standard InChI is InChI=1S/C6HCl11O/c7-2(1-18,3(8,9)5(12,13)14)4(10,11)6(15,16)17/h1H. The number of hydrogen-bond donors (Lipinski definition) is 0. The summed E-state index contributed by atoms with van der Waals surface area (Å²) in [6, 6.07) is 0. The molecule has 0 atom stereocenters. The zero-order valence-electron chi connectivity index (χ0n) is 7.64.